The predicted octanol–water partition coefficient (Wildman–Crippen LogP) is 2.95. The first-order chi connectivity index (χ1) is 15.5. The standard InChI is InChI=1S/C22H24ClN5O3S/c1-31-22(30)19-13-28(26-25-19)18-10-20(27(12-18)11-16-6-8-32-14-16)21(29)24-7-5-15-3-2-4-17(23)9-15/h2-4,6,8-9,13-14,18,20H,5,7,10-12H2,1H3,(H,24,29)/t18-,20-/m0/s1. The molecule has 2 aromatic heterocycles. The zero-order valence-corrected chi connectivity index (χ0v) is 19.2. The van der Waals surface area contributed by atoms with Crippen LogP contribution in [-0.4, -0.2) is 58.0 Å². The maximum atomic E-state index is 13.1. The summed E-state index contributed by atoms with van der Waals surface area (Å²) in [6.45, 7) is 1.83. The SMILES string of the molecule is COC(=O)c1cn([C@H]2C[C@@H](C(=O)NCCc3cccc(Cl)c3)N(Cc3ccsc3)C2)nn1. The zero-order valence-electron chi connectivity index (χ0n) is 17.6. The van der Waals surface area contributed by atoms with Gasteiger partial charge in [-0.15, -0.1) is 5.10 Å². The van der Waals surface area contributed by atoms with Gasteiger partial charge in [0.2, 0.25) is 5.91 Å². The number of nitrogens with one attached hydrogen (secondary N) is 1. The van der Waals surface area contributed by atoms with E-state index < -0.39 is 5.97 Å². The van der Waals surface area contributed by atoms with Crippen molar-refractivity contribution in [3.8, 4) is 0 Å². The molecule has 0 bridgehead atoms. The molecule has 3 aromatic rings. The number of thiophene rings is 1. The molecule has 8 nitrogen and oxygen atoms in total. The quantitative estimate of drug-likeness (QED) is 0.506. The van der Waals surface area contributed by atoms with Gasteiger partial charge in [-0.05, 0) is 52.9 Å². The molecule has 3 heterocycles. The van der Waals surface area contributed by atoms with E-state index in [9.17, 15) is 9.59 Å². The highest BCUT2D eigenvalue weighted by Gasteiger charge is 2.38. The summed E-state index contributed by atoms with van der Waals surface area (Å²) in [6, 6.07) is 9.34. The van der Waals surface area contributed by atoms with Gasteiger partial charge in [0.05, 0.1) is 25.4 Å². The van der Waals surface area contributed by atoms with E-state index in [2.05, 4.69) is 32.0 Å². The molecule has 0 spiro atoms. The van der Waals surface area contributed by atoms with Crippen molar-refractivity contribution in [3.63, 3.8) is 0 Å². The van der Waals surface area contributed by atoms with Gasteiger partial charge in [-0.25, -0.2) is 9.48 Å². The van der Waals surface area contributed by atoms with Crippen LogP contribution in [-0.2, 0) is 22.5 Å². The van der Waals surface area contributed by atoms with Crippen molar-refractivity contribution < 1.29 is 14.3 Å². The maximum Gasteiger partial charge on any atom is 0.360 e. The molecule has 1 aliphatic rings. The van der Waals surface area contributed by atoms with Crippen LogP contribution in [0.3, 0.4) is 0 Å². The van der Waals surface area contributed by atoms with Gasteiger partial charge in [0.25, 0.3) is 0 Å². The number of carbonyl (C=O) groups excluding carboxylic acids is 2. The van der Waals surface area contributed by atoms with Crippen LogP contribution in [0.2, 0.25) is 5.02 Å². The van der Waals surface area contributed by atoms with Crippen molar-refractivity contribution in [2.24, 2.45) is 0 Å². The molecular weight excluding hydrogens is 450 g/mol. The topological polar surface area (TPSA) is 89.4 Å². The summed E-state index contributed by atoms with van der Waals surface area (Å²) in [6.07, 6.45) is 2.87. The van der Waals surface area contributed by atoms with Gasteiger partial charge in [0.1, 0.15) is 0 Å². The van der Waals surface area contributed by atoms with E-state index >= 15 is 0 Å². The molecule has 0 unspecified atom stereocenters. The van der Waals surface area contributed by atoms with E-state index in [4.69, 9.17) is 16.3 Å². The number of nitrogens with zero attached hydrogens (tertiary/aromatic N) is 4. The maximum absolute atomic E-state index is 13.1. The third-order valence-electron chi connectivity index (χ3n) is 5.53. The highest BCUT2D eigenvalue weighted by molar-refractivity contribution is 7.07. The molecular formula is C22H24ClN5O3S. The summed E-state index contributed by atoms with van der Waals surface area (Å²) >= 11 is 7.68. The first-order valence-electron chi connectivity index (χ1n) is 10.3. The molecule has 1 aliphatic heterocycles. The highest BCUT2D eigenvalue weighted by atomic mass is 35.5. The normalized spacial score (nSPS) is 18.6. The first-order valence-corrected chi connectivity index (χ1v) is 11.6. The third-order valence-corrected chi connectivity index (χ3v) is 6.50. The Morgan fingerprint density at radius 3 is 2.94 bits per heavy atom. The number of esters is 1. The van der Waals surface area contributed by atoms with Gasteiger partial charge in [-0.2, -0.15) is 11.3 Å². The molecule has 10 heteroatoms. The first kappa shape index (κ1) is 22.4. The van der Waals surface area contributed by atoms with Crippen LogP contribution in [0.4, 0.5) is 0 Å². The largest absolute Gasteiger partial charge is 0.464 e. The molecule has 168 valence electrons. The Hall–Kier alpha value is -2.75. The van der Waals surface area contributed by atoms with Gasteiger partial charge < -0.3 is 10.1 Å². The Kier molecular flexibility index (Phi) is 7.19. The molecule has 4 rings (SSSR count). The monoisotopic (exact) mass is 473 g/mol. The number of methoxy groups -OCH3 is 1. The smallest absolute Gasteiger partial charge is 0.360 e. The van der Waals surface area contributed by atoms with Crippen LogP contribution in [0, 0.1) is 0 Å². The molecule has 1 aromatic carbocycles. The van der Waals surface area contributed by atoms with Crippen molar-refractivity contribution in [1.29, 1.82) is 0 Å². The Bertz CT molecular complexity index is 1070. The minimum atomic E-state index is -0.528. The van der Waals surface area contributed by atoms with Crippen LogP contribution >= 0.6 is 22.9 Å². The Morgan fingerprint density at radius 1 is 1.31 bits per heavy atom. The highest BCUT2D eigenvalue weighted by Crippen LogP contribution is 2.29. The van der Waals surface area contributed by atoms with Crippen molar-refractivity contribution in [2.45, 2.75) is 31.5 Å². The summed E-state index contributed by atoms with van der Waals surface area (Å²) < 4.78 is 6.37. The number of aromatic nitrogens is 3. The fraction of sp³-hybridized carbons (Fsp3) is 0.364. The van der Waals surface area contributed by atoms with Crippen LogP contribution in [0.1, 0.15) is 34.1 Å². The van der Waals surface area contributed by atoms with E-state index in [0.717, 1.165) is 5.56 Å². The molecule has 2 atom stereocenters. The molecule has 0 aliphatic carbocycles. The molecule has 1 amide bonds. The zero-order chi connectivity index (χ0) is 22.5. The second-order valence-corrected chi connectivity index (χ2v) is 8.93. The number of benzene rings is 1. The van der Waals surface area contributed by atoms with Gasteiger partial charge in [0.15, 0.2) is 5.69 Å². The van der Waals surface area contributed by atoms with Crippen molar-refractivity contribution >= 4 is 34.8 Å². The lowest BCUT2D eigenvalue weighted by atomic mass is 10.1. The second-order valence-electron chi connectivity index (χ2n) is 7.71. The Morgan fingerprint density at radius 2 is 2.19 bits per heavy atom. The van der Waals surface area contributed by atoms with Gasteiger partial charge in [-0.1, -0.05) is 28.9 Å². The average molecular weight is 474 g/mol. The van der Waals surface area contributed by atoms with Crippen molar-refractivity contribution in [2.75, 3.05) is 20.2 Å². The average Bonchev–Trinajstić information content (AvgIpc) is 3.54. The molecule has 1 saturated heterocycles. The van der Waals surface area contributed by atoms with Crippen molar-refractivity contribution in [1.82, 2.24) is 25.2 Å². The minimum Gasteiger partial charge on any atom is -0.464 e. The second kappa shape index (κ2) is 10.2. The van der Waals surface area contributed by atoms with Crippen LogP contribution < -0.4 is 5.32 Å². The Labute approximate surface area is 195 Å². The summed E-state index contributed by atoms with van der Waals surface area (Å²) in [7, 11) is 1.31. The van der Waals surface area contributed by atoms with E-state index in [1.807, 2.05) is 29.6 Å². The molecule has 32 heavy (non-hydrogen) atoms. The van der Waals surface area contributed by atoms with E-state index in [-0.39, 0.29) is 23.7 Å². The summed E-state index contributed by atoms with van der Waals surface area (Å²) in [5.74, 6) is -0.544. The van der Waals surface area contributed by atoms with Crippen LogP contribution in [0.5, 0.6) is 0 Å². The number of hydrogen-bond acceptors (Lipinski definition) is 7. The minimum absolute atomic E-state index is 0.0157. The number of carbonyl (C=O) groups is 2. The van der Waals surface area contributed by atoms with Gasteiger partial charge >= 0.3 is 5.97 Å². The summed E-state index contributed by atoms with van der Waals surface area (Å²) in [4.78, 5) is 27.0. The fourth-order valence-electron chi connectivity index (χ4n) is 3.93. The number of likely N-dealkylation sites (tertiary alicyclic amines) is 1. The number of hydrogen-bond donors (Lipinski definition) is 1. The number of amides is 1. The lowest BCUT2D eigenvalue weighted by molar-refractivity contribution is -0.125. The number of ether oxygens (including phenoxy) is 1. The van der Waals surface area contributed by atoms with E-state index in [1.165, 1.54) is 12.7 Å². The molecule has 1 fully saturated rings. The number of rotatable bonds is 8. The van der Waals surface area contributed by atoms with E-state index in [0.29, 0.717) is 37.5 Å². The summed E-state index contributed by atoms with van der Waals surface area (Å²) in [5.41, 5.74) is 2.41. The molecule has 1 N–H and O–H groups in total. The lowest BCUT2D eigenvalue weighted by Gasteiger charge is -2.23. The fourth-order valence-corrected chi connectivity index (χ4v) is 4.80. The van der Waals surface area contributed by atoms with Crippen molar-refractivity contribution in [3.05, 3.63) is 69.1 Å². The molecule has 0 radical (unpaired) electrons. The van der Waals surface area contributed by atoms with Gasteiger partial charge in [-0.3, -0.25) is 9.69 Å². The number of halogens is 1. The lowest BCUT2D eigenvalue weighted by Crippen LogP contribution is -2.43. The Balaban J connectivity index is 1.43. The third kappa shape index (κ3) is 5.35. The van der Waals surface area contributed by atoms with Crippen LogP contribution in [0.25, 0.3) is 0 Å². The van der Waals surface area contributed by atoms with Gasteiger partial charge in [0, 0.05) is 24.7 Å². The molecule has 0 saturated carbocycles. The van der Waals surface area contributed by atoms with Crippen LogP contribution in [0.15, 0.2) is 47.3 Å². The van der Waals surface area contributed by atoms with E-state index in [1.54, 1.807) is 22.2 Å². The predicted molar refractivity (Wildman–Crippen MR) is 122 cm³/mol. The summed E-state index contributed by atoms with van der Waals surface area (Å²) in [5, 5.41) is 15.9.